The van der Waals surface area contributed by atoms with Gasteiger partial charge in [-0.3, -0.25) is 14.3 Å². The normalized spacial score (nSPS) is 11.1. The third-order valence-corrected chi connectivity index (χ3v) is 7.25. The first-order valence-corrected chi connectivity index (χ1v) is 13.5. The molecule has 0 radical (unpaired) electrons. The van der Waals surface area contributed by atoms with Crippen LogP contribution in [-0.2, 0) is 19.6 Å². The predicted molar refractivity (Wildman–Crippen MR) is 147 cm³/mol. The molecule has 200 valence electrons. The van der Waals surface area contributed by atoms with Crippen molar-refractivity contribution in [3.05, 3.63) is 114 Å². The predicted octanol–water partition coefficient (Wildman–Crippen LogP) is 5.53. The molecular formula is C30H27NO7S. The Bertz CT molecular complexity index is 1520. The lowest BCUT2D eigenvalue weighted by molar-refractivity contribution is -0.132. The van der Waals surface area contributed by atoms with Crippen LogP contribution >= 0.6 is 0 Å². The molecule has 4 rings (SSSR count). The van der Waals surface area contributed by atoms with Crippen LogP contribution in [0.4, 0.5) is 5.69 Å². The summed E-state index contributed by atoms with van der Waals surface area (Å²) in [4.78, 5) is 22.9. The molecule has 0 amide bonds. The zero-order valence-electron chi connectivity index (χ0n) is 21.6. The lowest BCUT2D eigenvalue weighted by atomic mass is 9.85. The van der Waals surface area contributed by atoms with Crippen molar-refractivity contribution >= 4 is 27.6 Å². The molecule has 0 aromatic heterocycles. The van der Waals surface area contributed by atoms with Gasteiger partial charge in [-0.1, -0.05) is 48.5 Å². The number of carbonyl (C=O) groups excluding carboxylic acids is 2. The highest BCUT2D eigenvalue weighted by molar-refractivity contribution is 7.92. The standard InChI is InChI=1S/C30H27NO7S/c1-20(32)37-25-15-11-22(12-16-25)30(23-13-17-26(18-14-23)38-21(2)33)28-9-4-5-10-29(28)39(34,35)31-24-7-6-8-27(19-24)36-3/h4-19,30-31H,1-3H3. The number of ether oxygens (including phenoxy) is 3. The van der Waals surface area contributed by atoms with Gasteiger partial charge in [0.2, 0.25) is 0 Å². The van der Waals surface area contributed by atoms with Gasteiger partial charge >= 0.3 is 11.9 Å². The largest absolute Gasteiger partial charge is 0.497 e. The second-order valence-corrected chi connectivity index (χ2v) is 10.3. The molecule has 1 N–H and O–H groups in total. The Labute approximate surface area is 227 Å². The van der Waals surface area contributed by atoms with Gasteiger partial charge in [0.05, 0.1) is 17.7 Å². The third kappa shape index (κ3) is 6.82. The Kier molecular flexibility index (Phi) is 8.31. The second-order valence-electron chi connectivity index (χ2n) is 8.63. The van der Waals surface area contributed by atoms with Gasteiger partial charge in [-0.25, -0.2) is 8.42 Å². The lowest BCUT2D eigenvalue weighted by Gasteiger charge is -2.22. The van der Waals surface area contributed by atoms with E-state index < -0.39 is 27.9 Å². The highest BCUT2D eigenvalue weighted by atomic mass is 32.2. The number of anilines is 1. The molecule has 0 atom stereocenters. The van der Waals surface area contributed by atoms with Crippen molar-refractivity contribution in [3.63, 3.8) is 0 Å². The molecule has 0 fully saturated rings. The fourth-order valence-corrected chi connectivity index (χ4v) is 5.50. The fourth-order valence-electron chi connectivity index (χ4n) is 4.20. The van der Waals surface area contributed by atoms with Crippen LogP contribution in [0.25, 0.3) is 0 Å². The van der Waals surface area contributed by atoms with E-state index in [4.69, 9.17) is 14.2 Å². The Morgan fingerprint density at radius 1 is 0.692 bits per heavy atom. The van der Waals surface area contributed by atoms with E-state index in [9.17, 15) is 18.0 Å². The van der Waals surface area contributed by atoms with Gasteiger partial charge in [-0.05, 0) is 59.2 Å². The number of benzene rings is 4. The molecule has 4 aromatic rings. The van der Waals surface area contributed by atoms with Gasteiger partial charge in [-0.15, -0.1) is 0 Å². The summed E-state index contributed by atoms with van der Waals surface area (Å²) in [6.45, 7) is 2.63. The summed E-state index contributed by atoms with van der Waals surface area (Å²) in [5.41, 5.74) is 2.40. The molecule has 0 aliphatic carbocycles. The quantitative estimate of drug-likeness (QED) is 0.167. The van der Waals surface area contributed by atoms with Crippen molar-refractivity contribution in [2.45, 2.75) is 24.7 Å². The van der Waals surface area contributed by atoms with Crippen molar-refractivity contribution in [1.82, 2.24) is 0 Å². The van der Waals surface area contributed by atoms with Gasteiger partial charge < -0.3 is 14.2 Å². The zero-order valence-corrected chi connectivity index (χ0v) is 22.4. The molecule has 39 heavy (non-hydrogen) atoms. The van der Waals surface area contributed by atoms with Crippen LogP contribution in [0.5, 0.6) is 17.2 Å². The smallest absolute Gasteiger partial charge is 0.308 e. The first kappa shape index (κ1) is 27.4. The molecular weight excluding hydrogens is 518 g/mol. The van der Waals surface area contributed by atoms with E-state index in [0.717, 1.165) is 11.1 Å². The molecule has 0 saturated heterocycles. The highest BCUT2D eigenvalue weighted by Gasteiger charge is 2.26. The number of sulfonamides is 1. The molecule has 4 aromatic carbocycles. The summed E-state index contributed by atoms with van der Waals surface area (Å²) in [6, 6.07) is 27.1. The Morgan fingerprint density at radius 2 is 1.23 bits per heavy atom. The fraction of sp³-hybridized carbons (Fsp3) is 0.133. The van der Waals surface area contributed by atoms with Crippen LogP contribution in [0, 0.1) is 0 Å². The molecule has 8 nitrogen and oxygen atoms in total. The molecule has 9 heteroatoms. The van der Waals surface area contributed by atoms with E-state index in [2.05, 4.69) is 4.72 Å². The van der Waals surface area contributed by atoms with E-state index in [1.807, 2.05) is 0 Å². The van der Waals surface area contributed by atoms with Crippen LogP contribution in [0.3, 0.4) is 0 Å². The summed E-state index contributed by atoms with van der Waals surface area (Å²) >= 11 is 0. The average Bonchev–Trinajstić information content (AvgIpc) is 2.90. The molecule has 0 heterocycles. The highest BCUT2D eigenvalue weighted by Crippen LogP contribution is 2.37. The minimum Gasteiger partial charge on any atom is -0.497 e. The molecule has 0 aliphatic heterocycles. The van der Waals surface area contributed by atoms with E-state index in [0.29, 0.717) is 28.5 Å². The monoisotopic (exact) mass is 545 g/mol. The SMILES string of the molecule is COc1cccc(NS(=O)(=O)c2ccccc2C(c2ccc(OC(C)=O)cc2)c2ccc(OC(C)=O)cc2)c1. The Hall–Kier alpha value is -4.63. The number of methoxy groups -OCH3 is 1. The zero-order chi connectivity index (χ0) is 28.0. The minimum atomic E-state index is -4.02. The molecule has 0 unspecified atom stereocenters. The summed E-state index contributed by atoms with van der Waals surface area (Å²) < 4.78 is 45.6. The van der Waals surface area contributed by atoms with Crippen molar-refractivity contribution in [3.8, 4) is 17.2 Å². The van der Waals surface area contributed by atoms with E-state index in [-0.39, 0.29) is 4.90 Å². The molecule has 0 spiro atoms. The van der Waals surface area contributed by atoms with E-state index in [1.54, 1.807) is 97.1 Å². The third-order valence-electron chi connectivity index (χ3n) is 5.79. The van der Waals surface area contributed by atoms with Crippen molar-refractivity contribution in [2.24, 2.45) is 0 Å². The lowest BCUT2D eigenvalue weighted by Crippen LogP contribution is -2.17. The van der Waals surface area contributed by atoms with Crippen molar-refractivity contribution in [1.29, 1.82) is 0 Å². The van der Waals surface area contributed by atoms with Gasteiger partial charge in [0.25, 0.3) is 10.0 Å². The van der Waals surface area contributed by atoms with E-state index in [1.165, 1.54) is 21.0 Å². The van der Waals surface area contributed by atoms with Crippen LogP contribution in [0.1, 0.15) is 36.5 Å². The van der Waals surface area contributed by atoms with Crippen molar-refractivity contribution in [2.75, 3.05) is 11.8 Å². The Balaban J connectivity index is 1.81. The molecule has 0 saturated carbocycles. The topological polar surface area (TPSA) is 108 Å². The summed E-state index contributed by atoms with van der Waals surface area (Å²) in [5.74, 6) is -0.157. The number of esters is 2. The minimum absolute atomic E-state index is 0.0888. The summed E-state index contributed by atoms with van der Waals surface area (Å²) in [6.07, 6.45) is 0. The summed E-state index contributed by atoms with van der Waals surface area (Å²) in [5, 5.41) is 0. The molecule has 0 aliphatic rings. The number of rotatable bonds is 9. The van der Waals surface area contributed by atoms with Crippen LogP contribution in [-0.4, -0.2) is 27.5 Å². The maximum absolute atomic E-state index is 13.7. The van der Waals surface area contributed by atoms with E-state index >= 15 is 0 Å². The maximum atomic E-state index is 13.7. The number of carbonyl (C=O) groups is 2. The summed E-state index contributed by atoms with van der Waals surface area (Å²) in [7, 11) is -2.52. The van der Waals surface area contributed by atoms with Crippen LogP contribution in [0.2, 0.25) is 0 Å². The van der Waals surface area contributed by atoms with Crippen molar-refractivity contribution < 1.29 is 32.2 Å². The number of hydrogen-bond acceptors (Lipinski definition) is 7. The first-order chi connectivity index (χ1) is 18.7. The average molecular weight is 546 g/mol. The number of nitrogens with one attached hydrogen (secondary N) is 1. The molecule has 0 bridgehead atoms. The maximum Gasteiger partial charge on any atom is 0.308 e. The van der Waals surface area contributed by atoms with Crippen LogP contribution in [0.15, 0.2) is 102 Å². The number of hydrogen-bond donors (Lipinski definition) is 1. The Morgan fingerprint density at radius 3 is 1.74 bits per heavy atom. The van der Waals surface area contributed by atoms with Gasteiger partial charge in [0.1, 0.15) is 17.2 Å². The second kappa shape index (κ2) is 11.8. The first-order valence-electron chi connectivity index (χ1n) is 12.0. The van der Waals surface area contributed by atoms with Gasteiger partial charge in [0.15, 0.2) is 0 Å². The van der Waals surface area contributed by atoms with Gasteiger partial charge in [-0.2, -0.15) is 0 Å². The van der Waals surface area contributed by atoms with Crippen LogP contribution < -0.4 is 18.9 Å². The van der Waals surface area contributed by atoms with Gasteiger partial charge in [0, 0.05) is 25.8 Å².